The highest BCUT2D eigenvalue weighted by atomic mass is 16.2. The van der Waals surface area contributed by atoms with Crippen molar-refractivity contribution in [1.29, 1.82) is 5.26 Å². The van der Waals surface area contributed by atoms with Gasteiger partial charge in [-0.05, 0) is 44.7 Å². The monoisotopic (exact) mass is 243 g/mol. The van der Waals surface area contributed by atoms with Crippen LogP contribution in [0.4, 0.5) is 0 Å². The number of rotatable bonds is 4. The first-order chi connectivity index (χ1) is 8.61. The van der Waals surface area contributed by atoms with E-state index >= 15 is 0 Å². The molecule has 1 amide bonds. The molecule has 2 rings (SSSR count). The second-order valence-corrected chi connectivity index (χ2v) is 5.04. The van der Waals surface area contributed by atoms with Crippen molar-refractivity contribution in [2.45, 2.75) is 32.7 Å². The molecule has 1 aromatic rings. The van der Waals surface area contributed by atoms with Crippen molar-refractivity contribution < 1.29 is 4.79 Å². The lowest BCUT2D eigenvalue weighted by atomic mass is 10.2. The summed E-state index contributed by atoms with van der Waals surface area (Å²) in [5, 5.41) is 8.71. The van der Waals surface area contributed by atoms with E-state index in [9.17, 15) is 4.79 Å². The first-order valence-corrected chi connectivity index (χ1v) is 6.29. The third-order valence-electron chi connectivity index (χ3n) is 3.15. The molecular formula is C14H17N3O. The van der Waals surface area contributed by atoms with Crippen molar-refractivity contribution in [1.82, 2.24) is 9.88 Å². The van der Waals surface area contributed by atoms with Crippen LogP contribution >= 0.6 is 0 Å². The molecule has 94 valence electrons. The quantitative estimate of drug-likeness (QED) is 0.814. The van der Waals surface area contributed by atoms with E-state index in [1.165, 1.54) is 19.0 Å². The van der Waals surface area contributed by atoms with Crippen LogP contribution in [-0.2, 0) is 0 Å². The molecular weight excluding hydrogens is 226 g/mol. The fourth-order valence-electron chi connectivity index (χ4n) is 1.84. The summed E-state index contributed by atoms with van der Waals surface area (Å²) in [5.41, 5.74) is 0.896. The van der Waals surface area contributed by atoms with Gasteiger partial charge in [0.15, 0.2) is 0 Å². The van der Waals surface area contributed by atoms with E-state index in [-0.39, 0.29) is 11.9 Å². The SMILES string of the molecule is CC(C)N(CC1CC1)C(=O)c1ccc(C#N)cn1. The molecule has 1 aliphatic carbocycles. The Hall–Kier alpha value is -1.89. The van der Waals surface area contributed by atoms with Crippen LogP contribution in [-0.4, -0.2) is 28.4 Å². The summed E-state index contributed by atoms with van der Waals surface area (Å²) in [6.07, 6.45) is 3.89. The van der Waals surface area contributed by atoms with Gasteiger partial charge in [0.05, 0.1) is 5.56 Å². The Morgan fingerprint density at radius 2 is 2.28 bits per heavy atom. The highest BCUT2D eigenvalue weighted by Crippen LogP contribution is 2.30. The lowest BCUT2D eigenvalue weighted by Gasteiger charge is -2.26. The van der Waals surface area contributed by atoms with Crippen LogP contribution in [0.1, 0.15) is 42.7 Å². The normalized spacial score (nSPS) is 14.3. The van der Waals surface area contributed by atoms with E-state index in [1.54, 1.807) is 12.1 Å². The molecule has 0 radical (unpaired) electrons. The Kier molecular flexibility index (Phi) is 3.61. The number of nitriles is 1. The summed E-state index contributed by atoms with van der Waals surface area (Å²) in [6.45, 7) is 4.85. The molecule has 1 heterocycles. The molecule has 0 aromatic carbocycles. The molecule has 0 spiro atoms. The van der Waals surface area contributed by atoms with Crippen LogP contribution in [0.3, 0.4) is 0 Å². The first kappa shape index (κ1) is 12.6. The lowest BCUT2D eigenvalue weighted by molar-refractivity contribution is 0.0690. The van der Waals surface area contributed by atoms with Crippen LogP contribution in [0.25, 0.3) is 0 Å². The van der Waals surface area contributed by atoms with Gasteiger partial charge in [0.1, 0.15) is 11.8 Å². The fraction of sp³-hybridized carbons (Fsp3) is 0.500. The van der Waals surface area contributed by atoms with E-state index in [2.05, 4.69) is 4.98 Å². The van der Waals surface area contributed by atoms with Crippen molar-refractivity contribution in [3.05, 3.63) is 29.6 Å². The van der Waals surface area contributed by atoms with Crippen molar-refractivity contribution in [2.24, 2.45) is 5.92 Å². The van der Waals surface area contributed by atoms with Gasteiger partial charge in [0.25, 0.3) is 5.91 Å². The smallest absolute Gasteiger partial charge is 0.272 e. The molecule has 1 aliphatic rings. The number of carbonyl (C=O) groups excluding carboxylic acids is 1. The summed E-state index contributed by atoms with van der Waals surface area (Å²) in [5.74, 6) is 0.621. The molecule has 1 fully saturated rings. The Labute approximate surface area is 107 Å². The van der Waals surface area contributed by atoms with Crippen LogP contribution in [0, 0.1) is 17.2 Å². The van der Waals surface area contributed by atoms with E-state index in [0.717, 1.165) is 6.54 Å². The average molecular weight is 243 g/mol. The summed E-state index contributed by atoms with van der Waals surface area (Å²) < 4.78 is 0. The molecule has 1 aromatic heterocycles. The number of amides is 1. The van der Waals surface area contributed by atoms with Gasteiger partial charge in [0.2, 0.25) is 0 Å². The van der Waals surface area contributed by atoms with E-state index in [0.29, 0.717) is 17.2 Å². The minimum Gasteiger partial charge on any atom is -0.335 e. The van der Waals surface area contributed by atoms with Gasteiger partial charge >= 0.3 is 0 Å². The zero-order valence-corrected chi connectivity index (χ0v) is 10.8. The minimum absolute atomic E-state index is 0.0404. The van der Waals surface area contributed by atoms with E-state index in [4.69, 9.17) is 5.26 Å². The Morgan fingerprint density at radius 1 is 1.56 bits per heavy atom. The number of nitrogens with zero attached hydrogens (tertiary/aromatic N) is 3. The highest BCUT2D eigenvalue weighted by molar-refractivity contribution is 5.92. The van der Waals surface area contributed by atoms with Gasteiger partial charge in [-0.3, -0.25) is 4.79 Å². The molecule has 4 heteroatoms. The number of carbonyl (C=O) groups is 1. The van der Waals surface area contributed by atoms with Gasteiger partial charge in [-0.1, -0.05) is 0 Å². The molecule has 0 atom stereocenters. The average Bonchev–Trinajstić information content (AvgIpc) is 3.19. The zero-order valence-electron chi connectivity index (χ0n) is 10.8. The van der Waals surface area contributed by atoms with Crippen molar-refractivity contribution in [2.75, 3.05) is 6.54 Å². The summed E-state index contributed by atoms with van der Waals surface area (Å²) in [4.78, 5) is 18.3. The molecule has 1 saturated carbocycles. The fourth-order valence-corrected chi connectivity index (χ4v) is 1.84. The number of aromatic nitrogens is 1. The Bertz CT molecular complexity index is 469. The van der Waals surface area contributed by atoms with E-state index in [1.807, 2.05) is 24.8 Å². The second kappa shape index (κ2) is 5.18. The molecule has 0 N–H and O–H groups in total. The maximum Gasteiger partial charge on any atom is 0.272 e. The zero-order chi connectivity index (χ0) is 13.1. The Balaban J connectivity index is 2.13. The molecule has 0 aliphatic heterocycles. The number of hydrogen-bond acceptors (Lipinski definition) is 3. The molecule has 0 saturated heterocycles. The van der Waals surface area contributed by atoms with Crippen LogP contribution < -0.4 is 0 Å². The third-order valence-corrected chi connectivity index (χ3v) is 3.15. The van der Waals surface area contributed by atoms with Crippen molar-refractivity contribution >= 4 is 5.91 Å². The van der Waals surface area contributed by atoms with Gasteiger partial charge < -0.3 is 4.90 Å². The first-order valence-electron chi connectivity index (χ1n) is 6.29. The summed E-state index contributed by atoms with van der Waals surface area (Å²) in [7, 11) is 0. The largest absolute Gasteiger partial charge is 0.335 e. The minimum atomic E-state index is -0.0404. The standard InChI is InChI=1S/C14H17N3O/c1-10(2)17(9-11-3-4-11)14(18)13-6-5-12(7-15)8-16-13/h5-6,8,10-11H,3-4,9H2,1-2H3. The van der Waals surface area contributed by atoms with Crippen molar-refractivity contribution in [3.8, 4) is 6.07 Å². The predicted octanol–water partition coefficient (Wildman–Crippen LogP) is 2.21. The number of hydrogen-bond donors (Lipinski definition) is 0. The molecule has 4 nitrogen and oxygen atoms in total. The molecule has 18 heavy (non-hydrogen) atoms. The summed E-state index contributed by atoms with van der Waals surface area (Å²) in [6, 6.07) is 5.44. The lowest BCUT2D eigenvalue weighted by Crippen LogP contribution is -2.38. The second-order valence-electron chi connectivity index (χ2n) is 5.04. The highest BCUT2D eigenvalue weighted by Gasteiger charge is 2.29. The van der Waals surface area contributed by atoms with Gasteiger partial charge in [-0.25, -0.2) is 4.98 Å². The van der Waals surface area contributed by atoms with E-state index < -0.39 is 0 Å². The van der Waals surface area contributed by atoms with Crippen LogP contribution in [0.15, 0.2) is 18.3 Å². The predicted molar refractivity (Wildman–Crippen MR) is 67.8 cm³/mol. The molecule has 0 unspecified atom stereocenters. The summed E-state index contributed by atoms with van der Waals surface area (Å²) >= 11 is 0. The van der Waals surface area contributed by atoms with Gasteiger partial charge in [-0.2, -0.15) is 5.26 Å². The molecule has 0 bridgehead atoms. The Morgan fingerprint density at radius 3 is 2.72 bits per heavy atom. The third kappa shape index (κ3) is 2.86. The van der Waals surface area contributed by atoms with Crippen molar-refractivity contribution in [3.63, 3.8) is 0 Å². The van der Waals surface area contributed by atoms with Gasteiger partial charge in [-0.15, -0.1) is 0 Å². The topological polar surface area (TPSA) is 57.0 Å². The van der Waals surface area contributed by atoms with Crippen LogP contribution in [0.5, 0.6) is 0 Å². The maximum absolute atomic E-state index is 12.3. The van der Waals surface area contributed by atoms with Gasteiger partial charge in [0, 0.05) is 18.8 Å². The number of pyridine rings is 1. The van der Waals surface area contributed by atoms with Crippen LogP contribution in [0.2, 0.25) is 0 Å². The maximum atomic E-state index is 12.3.